The van der Waals surface area contributed by atoms with Gasteiger partial charge in [-0.05, 0) is 36.4 Å². The molecule has 174 valence electrons. The molecular weight excluding hydrogens is 498 g/mol. The van der Waals surface area contributed by atoms with Gasteiger partial charge in [-0.3, -0.25) is 13.9 Å². The summed E-state index contributed by atoms with van der Waals surface area (Å²) in [5, 5.41) is 12.6. The number of sulfone groups is 1. The van der Waals surface area contributed by atoms with Crippen molar-refractivity contribution in [2.45, 2.75) is 14.7 Å². The molecule has 0 aliphatic rings. The van der Waals surface area contributed by atoms with Crippen molar-refractivity contribution in [1.29, 1.82) is 0 Å². The van der Waals surface area contributed by atoms with Crippen LogP contribution >= 0.6 is 0 Å². The van der Waals surface area contributed by atoms with Gasteiger partial charge in [-0.1, -0.05) is 12.6 Å². The van der Waals surface area contributed by atoms with Crippen molar-refractivity contribution < 1.29 is 44.3 Å². The smallest absolute Gasteiger partial charge is 0.295 e. The quantitative estimate of drug-likeness (QED) is 0.355. The molecule has 0 atom stereocenters. The van der Waals surface area contributed by atoms with E-state index in [1.54, 1.807) is 0 Å². The first kappa shape index (κ1) is 24.3. The number of hydrogen-bond acceptors (Lipinski definition) is 8. The Morgan fingerprint density at radius 2 is 1.55 bits per heavy atom. The number of anilines is 1. The van der Waals surface area contributed by atoms with Crippen molar-refractivity contribution >= 4 is 52.4 Å². The molecule has 3 aromatic carbocycles. The summed E-state index contributed by atoms with van der Waals surface area (Å²) in [6, 6.07) is 8.10. The first-order valence-corrected chi connectivity index (χ1v) is 13.1. The van der Waals surface area contributed by atoms with E-state index in [2.05, 4.69) is 11.9 Å². The molecule has 0 aromatic heterocycles. The van der Waals surface area contributed by atoms with Crippen LogP contribution in [0.1, 0.15) is 10.4 Å². The highest BCUT2D eigenvalue weighted by atomic mass is 32.2. The number of carbonyl (C=O) groups is 1. The summed E-state index contributed by atoms with van der Waals surface area (Å²) in [5.74, 6) is -1.68. The van der Waals surface area contributed by atoms with E-state index in [4.69, 9.17) is 0 Å². The fraction of sp³-hybridized carbons (Fsp3) is 0. The van der Waals surface area contributed by atoms with Gasteiger partial charge in [0.1, 0.15) is 10.6 Å². The number of nitrogens with one attached hydrogen (secondary N) is 1. The molecule has 4 N–H and O–H groups in total. The second-order valence-electron chi connectivity index (χ2n) is 6.62. The first-order chi connectivity index (χ1) is 15.1. The van der Waals surface area contributed by atoms with Gasteiger partial charge in [0.05, 0.1) is 15.5 Å². The summed E-state index contributed by atoms with van der Waals surface area (Å²) in [5.41, 5.74) is -0.308. The van der Waals surface area contributed by atoms with Gasteiger partial charge in [0.2, 0.25) is 0 Å². The number of phenolic OH excluding ortho intramolecular Hbond substituents is 1. The topological polar surface area (TPSA) is 192 Å². The molecule has 0 aliphatic heterocycles. The zero-order chi connectivity index (χ0) is 24.8. The Hall–Kier alpha value is -3.30. The van der Waals surface area contributed by atoms with E-state index >= 15 is 0 Å². The molecule has 3 aromatic rings. The van der Waals surface area contributed by atoms with E-state index in [0.717, 1.165) is 18.2 Å². The number of amides is 1. The predicted molar refractivity (Wildman–Crippen MR) is 117 cm³/mol. The maximum absolute atomic E-state index is 12.7. The number of rotatable bonds is 6. The van der Waals surface area contributed by atoms with Crippen LogP contribution in [0.5, 0.6) is 5.75 Å². The molecule has 0 radical (unpaired) electrons. The number of phenols is 1. The summed E-state index contributed by atoms with van der Waals surface area (Å²) >= 11 is 0. The molecule has 14 heteroatoms. The lowest BCUT2D eigenvalue weighted by Gasteiger charge is -2.14. The predicted octanol–water partition coefficient (Wildman–Crippen LogP) is 2.21. The molecule has 0 fully saturated rings. The van der Waals surface area contributed by atoms with Crippen LogP contribution in [0.25, 0.3) is 10.8 Å². The minimum absolute atomic E-state index is 0.112. The monoisotopic (exact) mass is 513 g/mol. The molecule has 0 saturated carbocycles. The van der Waals surface area contributed by atoms with Crippen molar-refractivity contribution in [3.63, 3.8) is 0 Å². The third-order valence-electron chi connectivity index (χ3n) is 4.50. The van der Waals surface area contributed by atoms with Crippen LogP contribution in [0.4, 0.5) is 5.69 Å². The van der Waals surface area contributed by atoms with Crippen LogP contribution in [0, 0.1) is 0 Å². The van der Waals surface area contributed by atoms with Crippen LogP contribution in [0.2, 0.25) is 0 Å². The maximum atomic E-state index is 12.7. The maximum Gasteiger partial charge on any atom is 0.295 e. The van der Waals surface area contributed by atoms with Crippen molar-refractivity contribution in [2.75, 3.05) is 5.32 Å². The molecule has 0 aliphatic carbocycles. The third kappa shape index (κ3) is 4.89. The Labute approximate surface area is 188 Å². The van der Waals surface area contributed by atoms with Crippen LogP contribution in [0.3, 0.4) is 0 Å². The highest BCUT2D eigenvalue weighted by Crippen LogP contribution is 2.38. The SMILES string of the molecule is C=CS(=O)(=O)c1cccc(C(=O)Nc2ccc(S(=O)(=O)O)c3cc(S(=O)(=O)O)cc(O)c23)c1. The van der Waals surface area contributed by atoms with E-state index in [1.807, 2.05) is 0 Å². The molecule has 3 rings (SSSR count). The zero-order valence-electron chi connectivity index (χ0n) is 16.3. The fourth-order valence-electron chi connectivity index (χ4n) is 2.99. The lowest BCUT2D eigenvalue weighted by atomic mass is 10.1. The van der Waals surface area contributed by atoms with E-state index in [9.17, 15) is 44.3 Å². The number of fused-ring (bicyclic) bond motifs is 1. The Morgan fingerprint density at radius 1 is 0.879 bits per heavy atom. The molecule has 0 unspecified atom stereocenters. The van der Waals surface area contributed by atoms with E-state index in [0.29, 0.717) is 17.5 Å². The lowest BCUT2D eigenvalue weighted by molar-refractivity contribution is 0.102. The van der Waals surface area contributed by atoms with Crippen LogP contribution in [0.15, 0.2) is 75.2 Å². The summed E-state index contributed by atoms with van der Waals surface area (Å²) in [6.45, 7) is 3.20. The Kier molecular flexibility index (Phi) is 6.08. The first-order valence-electron chi connectivity index (χ1n) is 8.69. The van der Waals surface area contributed by atoms with Gasteiger partial charge in [-0.2, -0.15) is 16.8 Å². The van der Waals surface area contributed by atoms with Crippen LogP contribution in [-0.4, -0.2) is 45.4 Å². The minimum Gasteiger partial charge on any atom is -0.507 e. The van der Waals surface area contributed by atoms with E-state index in [-0.39, 0.29) is 21.5 Å². The van der Waals surface area contributed by atoms with Gasteiger partial charge in [-0.25, -0.2) is 8.42 Å². The van der Waals surface area contributed by atoms with E-state index < -0.39 is 56.9 Å². The minimum atomic E-state index is -4.91. The van der Waals surface area contributed by atoms with Crippen LogP contribution < -0.4 is 5.32 Å². The van der Waals surface area contributed by atoms with Crippen molar-refractivity contribution in [1.82, 2.24) is 0 Å². The van der Waals surface area contributed by atoms with Crippen LogP contribution in [-0.2, 0) is 30.1 Å². The largest absolute Gasteiger partial charge is 0.507 e. The molecular formula is C19H15NO10S3. The molecule has 1 amide bonds. The normalized spacial score (nSPS) is 12.4. The van der Waals surface area contributed by atoms with Gasteiger partial charge in [0.15, 0.2) is 9.84 Å². The average Bonchev–Trinajstić information content (AvgIpc) is 2.72. The Morgan fingerprint density at radius 3 is 2.12 bits per heavy atom. The lowest BCUT2D eigenvalue weighted by Crippen LogP contribution is -2.13. The summed E-state index contributed by atoms with van der Waals surface area (Å²) < 4.78 is 89.1. The second kappa shape index (κ2) is 8.24. The van der Waals surface area contributed by atoms with Crippen molar-refractivity contribution in [3.05, 3.63) is 66.1 Å². The molecule has 0 bridgehead atoms. The summed E-state index contributed by atoms with van der Waals surface area (Å²) in [4.78, 5) is 10.9. The number of aromatic hydroxyl groups is 1. The number of carbonyl (C=O) groups excluding carboxylic acids is 1. The van der Waals surface area contributed by atoms with E-state index in [1.165, 1.54) is 18.2 Å². The van der Waals surface area contributed by atoms with Gasteiger partial charge >= 0.3 is 0 Å². The van der Waals surface area contributed by atoms with Gasteiger partial charge < -0.3 is 10.4 Å². The highest BCUT2D eigenvalue weighted by molar-refractivity contribution is 7.94. The zero-order valence-corrected chi connectivity index (χ0v) is 18.8. The Balaban J connectivity index is 2.20. The molecule has 0 saturated heterocycles. The Bertz CT molecular complexity index is 1640. The van der Waals surface area contributed by atoms with Crippen molar-refractivity contribution in [3.8, 4) is 5.75 Å². The number of benzene rings is 3. The summed E-state index contributed by atoms with van der Waals surface area (Å²) in [7, 11) is -13.6. The van der Waals surface area contributed by atoms with Gasteiger partial charge in [-0.15, -0.1) is 0 Å². The van der Waals surface area contributed by atoms with Gasteiger partial charge in [0.25, 0.3) is 26.1 Å². The molecule has 33 heavy (non-hydrogen) atoms. The highest BCUT2D eigenvalue weighted by Gasteiger charge is 2.23. The third-order valence-corrected chi connectivity index (χ3v) is 7.59. The van der Waals surface area contributed by atoms with Gasteiger partial charge in [0, 0.05) is 27.8 Å². The molecule has 11 nitrogen and oxygen atoms in total. The number of hydrogen-bond donors (Lipinski definition) is 4. The molecule has 0 heterocycles. The standard InChI is InChI=1S/C19H15NO10S3/c1-2-31(23,24)12-5-3-4-11(8-12)19(22)20-15-6-7-17(33(28,29)30)14-9-13(32(25,26)27)10-16(21)18(14)15/h2-10,21H,1H2,(H,20,22)(H,25,26,27)(H,28,29,30). The molecule has 0 spiro atoms. The summed E-state index contributed by atoms with van der Waals surface area (Å²) in [6.07, 6.45) is 0. The average molecular weight is 514 g/mol. The second-order valence-corrected chi connectivity index (χ2v) is 11.3. The fourth-order valence-corrected chi connectivity index (χ4v) is 4.95. The van der Waals surface area contributed by atoms with Crippen molar-refractivity contribution in [2.24, 2.45) is 0 Å².